The molecule has 0 atom stereocenters. The number of rotatable bonds is 6. The summed E-state index contributed by atoms with van der Waals surface area (Å²) in [7, 11) is -3.51. The van der Waals surface area contributed by atoms with Crippen LogP contribution in [0.2, 0.25) is 0 Å². The molecule has 0 saturated carbocycles. The molecule has 1 fully saturated rings. The Kier molecular flexibility index (Phi) is 6.15. The highest BCUT2D eigenvalue weighted by atomic mass is 32.2. The summed E-state index contributed by atoms with van der Waals surface area (Å²) in [5.74, 6) is 0.0226. The van der Waals surface area contributed by atoms with Crippen molar-refractivity contribution in [3.63, 3.8) is 0 Å². The molecule has 1 aromatic rings. The van der Waals surface area contributed by atoms with Gasteiger partial charge in [0.15, 0.2) is 0 Å². The Labute approximate surface area is 132 Å². The average Bonchev–Trinajstić information content (AvgIpc) is 2.55. The molecule has 0 unspecified atom stereocenters. The molecule has 0 aliphatic carbocycles. The third kappa shape index (κ3) is 5.61. The van der Waals surface area contributed by atoms with Gasteiger partial charge in [0.2, 0.25) is 15.9 Å². The van der Waals surface area contributed by atoms with Crippen LogP contribution in [-0.4, -0.2) is 38.9 Å². The normalized spacial score (nSPS) is 16.1. The third-order valence-electron chi connectivity index (χ3n) is 3.59. The molecule has 22 heavy (non-hydrogen) atoms. The van der Waals surface area contributed by atoms with Crippen LogP contribution >= 0.6 is 0 Å². The highest BCUT2D eigenvalue weighted by Gasteiger charge is 2.16. The minimum atomic E-state index is -3.51. The number of carbonyl (C=O) groups is 1. The summed E-state index contributed by atoms with van der Waals surface area (Å²) in [6.07, 6.45) is 4.99. The van der Waals surface area contributed by atoms with E-state index in [2.05, 4.69) is 4.72 Å². The SMILES string of the molecule is O=C(CCNS(=O)(=O)/C=C/c1ccccc1)N1CCCCC1. The van der Waals surface area contributed by atoms with E-state index >= 15 is 0 Å². The third-order valence-corrected chi connectivity index (χ3v) is 4.69. The van der Waals surface area contributed by atoms with Crippen LogP contribution in [-0.2, 0) is 14.8 Å². The topological polar surface area (TPSA) is 66.5 Å². The number of carbonyl (C=O) groups excluding carboxylic acids is 1. The van der Waals surface area contributed by atoms with Crippen molar-refractivity contribution in [2.45, 2.75) is 25.7 Å². The minimum absolute atomic E-state index is 0.0226. The molecule has 0 aromatic heterocycles. The van der Waals surface area contributed by atoms with Gasteiger partial charge in [0.25, 0.3) is 0 Å². The van der Waals surface area contributed by atoms with Gasteiger partial charge in [0.05, 0.1) is 0 Å². The molecular weight excluding hydrogens is 300 g/mol. The van der Waals surface area contributed by atoms with Gasteiger partial charge in [-0.1, -0.05) is 30.3 Å². The molecule has 120 valence electrons. The lowest BCUT2D eigenvalue weighted by atomic mass is 10.1. The fourth-order valence-corrected chi connectivity index (χ4v) is 3.20. The molecule has 6 heteroatoms. The molecule has 0 radical (unpaired) electrons. The fourth-order valence-electron chi connectivity index (χ4n) is 2.38. The Hall–Kier alpha value is -1.66. The van der Waals surface area contributed by atoms with Gasteiger partial charge in [-0.25, -0.2) is 13.1 Å². The summed E-state index contributed by atoms with van der Waals surface area (Å²) in [6.45, 7) is 1.72. The first-order valence-electron chi connectivity index (χ1n) is 7.57. The Morgan fingerprint density at radius 3 is 2.50 bits per heavy atom. The molecule has 2 rings (SSSR count). The van der Waals surface area contributed by atoms with E-state index in [4.69, 9.17) is 0 Å². The molecule has 1 aliphatic heterocycles. The average molecular weight is 322 g/mol. The van der Waals surface area contributed by atoms with Crippen molar-refractivity contribution in [2.75, 3.05) is 19.6 Å². The van der Waals surface area contributed by atoms with Crippen molar-refractivity contribution < 1.29 is 13.2 Å². The zero-order valence-electron chi connectivity index (χ0n) is 12.6. The number of amides is 1. The van der Waals surface area contributed by atoms with E-state index in [-0.39, 0.29) is 18.9 Å². The van der Waals surface area contributed by atoms with Crippen LogP contribution in [0.5, 0.6) is 0 Å². The van der Waals surface area contributed by atoms with Crippen molar-refractivity contribution in [2.24, 2.45) is 0 Å². The number of benzene rings is 1. The monoisotopic (exact) mass is 322 g/mol. The summed E-state index contributed by atoms with van der Waals surface area (Å²) < 4.78 is 26.1. The lowest BCUT2D eigenvalue weighted by Crippen LogP contribution is -2.37. The molecule has 1 aliphatic rings. The van der Waals surface area contributed by atoms with Gasteiger partial charge in [-0.2, -0.15) is 0 Å². The van der Waals surface area contributed by atoms with Crippen LogP contribution in [0.3, 0.4) is 0 Å². The quantitative estimate of drug-likeness (QED) is 0.871. The van der Waals surface area contributed by atoms with Gasteiger partial charge in [-0.15, -0.1) is 0 Å². The van der Waals surface area contributed by atoms with Crippen molar-refractivity contribution in [3.8, 4) is 0 Å². The molecule has 0 bridgehead atoms. The van der Waals surface area contributed by atoms with E-state index in [1.54, 1.807) is 0 Å². The van der Waals surface area contributed by atoms with Crippen molar-refractivity contribution in [3.05, 3.63) is 41.3 Å². The zero-order chi connectivity index (χ0) is 15.8. The number of piperidine rings is 1. The molecule has 1 aromatic carbocycles. The maximum Gasteiger partial charge on any atom is 0.233 e. The van der Waals surface area contributed by atoms with Gasteiger partial charge in [0, 0.05) is 31.5 Å². The Balaban J connectivity index is 1.77. The second-order valence-corrected chi connectivity index (χ2v) is 7.00. The Bertz CT molecular complexity index is 606. The van der Waals surface area contributed by atoms with E-state index in [1.807, 2.05) is 35.2 Å². The van der Waals surface area contributed by atoms with Crippen LogP contribution in [0.25, 0.3) is 6.08 Å². The maximum absolute atomic E-state index is 11.9. The van der Waals surface area contributed by atoms with Gasteiger partial charge in [-0.3, -0.25) is 4.79 Å². The lowest BCUT2D eigenvalue weighted by Gasteiger charge is -2.26. The van der Waals surface area contributed by atoms with Crippen LogP contribution in [0.15, 0.2) is 35.7 Å². The van der Waals surface area contributed by atoms with Gasteiger partial charge in [0.1, 0.15) is 0 Å². The van der Waals surface area contributed by atoms with Gasteiger partial charge < -0.3 is 4.90 Å². The number of likely N-dealkylation sites (tertiary alicyclic amines) is 1. The number of sulfonamides is 1. The summed E-state index contributed by atoms with van der Waals surface area (Å²) in [4.78, 5) is 13.8. The Morgan fingerprint density at radius 2 is 1.82 bits per heavy atom. The largest absolute Gasteiger partial charge is 0.343 e. The first kappa shape index (κ1) is 16.7. The van der Waals surface area contributed by atoms with Crippen molar-refractivity contribution >= 4 is 22.0 Å². The standard InChI is InChI=1S/C16H22N2O3S/c19-16(18-12-5-2-6-13-18)9-11-17-22(20,21)14-10-15-7-3-1-4-8-15/h1,3-4,7-8,10,14,17H,2,5-6,9,11-13H2/b14-10+. The summed E-state index contributed by atoms with van der Waals surface area (Å²) >= 11 is 0. The number of nitrogens with zero attached hydrogens (tertiary/aromatic N) is 1. The lowest BCUT2D eigenvalue weighted by molar-refractivity contribution is -0.131. The summed E-state index contributed by atoms with van der Waals surface area (Å²) in [6, 6.07) is 9.21. The Morgan fingerprint density at radius 1 is 1.14 bits per heavy atom. The van der Waals surface area contributed by atoms with Gasteiger partial charge in [-0.05, 0) is 30.9 Å². The van der Waals surface area contributed by atoms with E-state index in [1.165, 1.54) is 12.5 Å². The zero-order valence-corrected chi connectivity index (χ0v) is 13.4. The van der Waals surface area contributed by atoms with Crippen LogP contribution in [0.4, 0.5) is 0 Å². The summed E-state index contributed by atoms with van der Waals surface area (Å²) in [5.41, 5.74) is 0.817. The molecular formula is C16H22N2O3S. The second kappa shape index (κ2) is 8.10. The smallest absolute Gasteiger partial charge is 0.233 e. The maximum atomic E-state index is 11.9. The second-order valence-electron chi connectivity index (χ2n) is 5.34. The molecule has 1 N–H and O–H groups in total. The van der Waals surface area contributed by atoms with E-state index in [0.717, 1.165) is 36.9 Å². The number of hydrogen-bond donors (Lipinski definition) is 1. The number of nitrogens with one attached hydrogen (secondary N) is 1. The number of hydrogen-bond acceptors (Lipinski definition) is 3. The van der Waals surface area contributed by atoms with Crippen molar-refractivity contribution in [1.29, 1.82) is 0 Å². The summed E-state index contributed by atoms with van der Waals surface area (Å²) in [5, 5.41) is 1.13. The first-order chi connectivity index (χ1) is 10.6. The highest BCUT2D eigenvalue weighted by molar-refractivity contribution is 7.92. The van der Waals surface area contributed by atoms with Crippen LogP contribution in [0, 0.1) is 0 Å². The fraction of sp³-hybridized carbons (Fsp3) is 0.438. The molecule has 0 spiro atoms. The van der Waals surface area contributed by atoms with Gasteiger partial charge >= 0.3 is 0 Å². The predicted molar refractivity (Wildman–Crippen MR) is 87.4 cm³/mol. The van der Waals surface area contributed by atoms with Crippen LogP contribution in [0.1, 0.15) is 31.2 Å². The van der Waals surface area contributed by atoms with Crippen molar-refractivity contribution in [1.82, 2.24) is 9.62 Å². The first-order valence-corrected chi connectivity index (χ1v) is 9.12. The van der Waals surface area contributed by atoms with E-state index in [0.29, 0.717) is 0 Å². The molecule has 1 amide bonds. The van der Waals surface area contributed by atoms with E-state index in [9.17, 15) is 13.2 Å². The predicted octanol–water partition coefficient (Wildman–Crippen LogP) is 1.98. The van der Waals surface area contributed by atoms with Crippen LogP contribution < -0.4 is 4.72 Å². The molecule has 5 nitrogen and oxygen atoms in total. The minimum Gasteiger partial charge on any atom is -0.343 e. The van der Waals surface area contributed by atoms with E-state index < -0.39 is 10.0 Å². The molecule has 1 saturated heterocycles. The molecule has 1 heterocycles. The highest BCUT2D eigenvalue weighted by Crippen LogP contribution is 2.09.